The molecule has 1 aromatic carbocycles. The number of piperidine rings is 1. The molecular weight excluding hydrogens is 388 g/mol. The maximum atomic E-state index is 13.0. The highest BCUT2D eigenvalue weighted by molar-refractivity contribution is 6.23. The van der Waals surface area contributed by atoms with E-state index < -0.39 is 29.7 Å². The van der Waals surface area contributed by atoms with Crippen LogP contribution >= 0.6 is 0 Å². The van der Waals surface area contributed by atoms with Crippen molar-refractivity contribution in [2.75, 3.05) is 25.0 Å². The summed E-state index contributed by atoms with van der Waals surface area (Å²) in [5.41, 5.74) is 1.42. The van der Waals surface area contributed by atoms with E-state index in [1.807, 2.05) is 6.07 Å². The lowest BCUT2D eigenvalue weighted by Gasteiger charge is -2.27. The number of amides is 5. The Morgan fingerprint density at radius 1 is 1.13 bits per heavy atom. The predicted molar refractivity (Wildman–Crippen MR) is 107 cm³/mol. The molecule has 3 heterocycles. The minimum absolute atomic E-state index is 0.0311. The van der Waals surface area contributed by atoms with E-state index in [0.717, 1.165) is 36.5 Å². The molecule has 0 radical (unpaired) electrons. The second kappa shape index (κ2) is 7.89. The Morgan fingerprint density at radius 3 is 2.63 bits per heavy atom. The van der Waals surface area contributed by atoms with Crippen LogP contribution in [0.25, 0.3) is 0 Å². The Bertz CT molecular complexity index is 943. The summed E-state index contributed by atoms with van der Waals surface area (Å²) in [4.78, 5) is 63.9. The maximum absolute atomic E-state index is 13.0. The van der Waals surface area contributed by atoms with Crippen molar-refractivity contribution in [3.05, 3.63) is 29.3 Å². The molecule has 3 aliphatic heterocycles. The van der Waals surface area contributed by atoms with E-state index in [-0.39, 0.29) is 29.9 Å². The molecule has 2 fully saturated rings. The van der Waals surface area contributed by atoms with Crippen LogP contribution in [0.2, 0.25) is 0 Å². The van der Waals surface area contributed by atoms with E-state index in [1.165, 1.54) is 0 Å². The van der Waals surface area contributed by atoms with Gasteiger partial charge >= 0.3 is 0 Å². The number of carbonyl (C=O) groups excluding carboxylic acids is 5. The number of imide groups is 2. The summed E-state index contributed by atoms with van der Waals surface area (Å²) in [5, 5.41) is 4.83. The average molecular weight is 412 g/mol. The number of hydrogen-bond acceptors (Lipinski definition) is 6. The molecule has 0 aliphatic carbocycles. The monoisotopic (exact) mass is 412 g/mol. The molecule has 4 rings (SSSR count). The van der Waals surface area contributed by atoms with Crippen LogP contribution in [0.4, 0.5) is 5.69 Å². The molecule has 0 aromatic heterocycles. The summed E-state index contributed by atoms with van der Waals surface area (Å²) in [5.74, 6) is -1.58. The molecule has 3 aliphatic rings. The second-order valence-corrected chi connectivity index (χ2v) is 7.99. The number of anilines is 1. The van der Waals surface area contributed by atoms with Gasteiger partial charge in [-0.3, -0.25) is 34.2 Å². The van der Waals surface area contributed by atoms with Crippen molar-refractivity contribution in [2.24, 2.45) is 5.92 Å². The molecule has 2 saturated heterocycles. The van der Waals surface area contributed by atoms with Crippen LogP contribution < -0.4 is 15.5 Å². The van der Waals surface area contributed by atoms with Gasteiger partial charge in [0, 0.05) is 38.7 Å². The largest absolute Gasteiger partial charge is 0.371 e. The highest BCUT2D eigenvalue weighted by Crippen LogP contribution is 2.33. The minimum atomic E-state index is -0.959. The van der Waals surface area contributed by atoms with Crippen molar-refractivity contribution >= 4 is 35.2 Å². The van der Waals surface area contributed by atoms with Crippen LogP contribution in [0.5, 0.6) is 0 Å². The molecule has 1 unspecified atom stereocenters. The van der Waals surface area contributed by atoms with Gasteiger partial charge in [0.25, 0.3) is 11.8 Å². The first-order valence-corrected chi connectivity index (χ1v) is 10.2. The lowest BCUT2D eigenvalue weighted by molar-refractivity contribution is -0.136. The van der Waals surface area contributed by atoms with Crippen LogP contribution in [0.3, 0.4) is 0 Å². The van der Waals surface area contributed by atoms with Gasteiger partial charge in [0.1, 0.15) is 6.04 Å². The van der Waals surface area contributed by atoms with Gasteiger partial charge in [0.2, 0.25) is 17.7 Å². The molecule has 9 nitrogen and oxygen atoms in total. The Labute approximate surface area is 173 Å². The fourth-order valence-corrected chi connectivity index (χ4v) is 4.42. The van der Waals surface area contributed by atoms with Gasteiger partial charge in [-0.1, -0.05) is 0 Å². The van der Waals surface area contributed by atoms with Crippen molar-refractivity contribution in [1.29, 1.82) is 0 Å². The minimum Gasteiger partial charge on any atom is -0.371 e. The van der Waals surface area contributed by atoms with E-state index in [0.29, 0.717) is 12.3 Å². The molecule has 30 heavy (non-hydrogen) atoms. The molecule has 0 bridgehead atoms. The lowest BCUT2D eigenvalue weighted by Crippen LogP contribution is -2.54. The molecule has 0 spiro atoms. The summed E-state index contributed by atoms with van der Waals surface area (Å²) in [6.45, 7) is 1.60. The fourth-order valence-electron chi connectivity index (χ4n) is 4.42. The summed E-state index contributed by atoms with van der Waals surface area (Å²) in [6, 6.07) is 4.20. The first kappa shape index (κ1) is 20.1. The van der Waals surface area contributed by atoms with Gasteiger partial charge in [-0.2, -0.15) is 0 Å². The van der Waals surface area contributed by atoms with Gasteiger partial charge < -0.3 is 10.2 Å². The predicted octanol–water partition coefficient (Wildman–Crippen LogP) is 0.440. The third-order valence-electron chi connectivity index (χ3n) is 6.13. The fraction of sp³-hybridized carbons (Fsp3) is 0.476. The van der Waals surface area contributed by atoms with Crippen molar-refractivity contribution in [3.8, 4) is 0 Å². The lowest BCUT2D eigenvalue weighted by atomic mass is 10.0. The van der Waals surface area contributed by atoms with E-state index in [1.54, 1.807) is 19.2 Å². The highest BCUT2D eigenvalue weighted by atomic mass is 16.2. The number of fused-ring (bicyclic) bond motifs is 1. The molecule has 2 atom stereocenters. The van der Waals surface area contributed by atoms with E-state index in [9.17, 15) is 24.0 Å². The first-order chi connectivity index (χ1) is 14.4. The van der Waals surface area contributed by atoms with E-state index in [4.69, 9.17) is 0 Å². The Morgan fingerprint density at radius 2 is 1.90 bits per heavy atom. The average Bonchev–Trinajstić information content (AvgIpc) is 3.30. The zero-order valence-corrected chi connectivity index (χ0v) is 16.8. The topological polar surface area (TPSA) is 116 Å². The molecule has 0 saturated carbocycles. The van der Waals surface area contributed by atoms with Crippen LogP contribution in [-0.2, 0) is 14.4 Å². The Balaban J connectivity index is 1.48. The number of carbonyl (C=O) groups is 5. The van der Waals surface area contributed by atoms with Crippen LogP contribution in [0, 0.1) is 5.92 Å². The van der Waals surface area contributed by atoms with Crippen LogP contribution in [0.1, 0.15) is 52.8 Å². The van der Waals surface area contributed by atoms with Gasteiger partial charge in [0.15, 0.2) is 0 Å². The van der Waals surface area contributed by atoms with E-state index >= 15 is 0 Å². The summed E-state index contributed by atoms with van der Waals surface area (Å²) in [7, 11) is 1.63. The molecule has 9 heteroatoms. The molecule has 1 aromatic rings. The molecule has 158 valence electrons. The van der Waals surface area contributed by atoms with Crippen molar-refractivity contribution in [3.63, 3.8) is 0 Å². The van der Waals surface area contributed by atoms with Gasteiger partial charge in [-0.25, -0.2) is 0 Å². The maximum Gasteiger partial charge on any atom is 0.262 e. The number of benzene rings is 1. The van der Waals surface area contributed by atoms with Gasteiger partial charge in [-0.05, 0) is 43.4 Å². The van der Waals surface area contributed by atoms with Gasteiger partial charge in [-0.15, -0.1) is 0 Å². The summed E-state index contributed by atoms with van der Waals surface area (Å²) in [6.07, 6.45) is 2.50. The zero-order valence-electron chi connectivity index (χ0n) is 16.8. The Hall–Kier alpha value is -3.23. The van der Waals surface area contributed by atoms with Crippen LogP contribution in [-0.4, -0.2) is 60.6 Å². The van der Waals surface area contributed by atoms with Crippen molar-refractivity contribution < 1.29 is 24.0 Å². The third-order valence-corrected chi connectivity index (χ3v) is 6.13. The van der Waals surface area contributed by atoms with Crippen molar-refractivity contribution in [1.82, 2.24) is 15.5 Å². The quantitative estimate of drug-likeness (QED) is 0.678. The number of nitrogens with one attached hydrogen (secondary N) is 2. The molecular formula is C21H24N4O5. The molecule has 2 N–H and O–H groups in total. The van der Waals surface area contributed by atoms with Gasteiger partial charge in [0.05, 0.1) is 11.1 Å². The number of hydrogen-bond donors (Lipinski definition) is 2. The summed E-state index contributed by atoms with van der Waals surface area (Å²) < 4.78 is 0. The van der Waals surface area contributed by atoms with Crippen molar-refractivity contribution in [2.45, 2.75) is 38.1 Å². The smallest absolute Gasteiger partial charge is 0.262 e. The summed E-state index contributed by atoms with van der Waals surface area (Å²) >= 11 is 0. The number of rotatable bonds is 5. The second-order valence-electron chi connectivity index (χ2n) is 7.99. The molecule has 5 amide bonds. The normalized spacial score (nSPS) is 23.6. The SMILES string of the molecule is CNC(=O)CC[C@@H]1CCN(c2ccc3c(c2)C(=O)N(C2CCC(=O)NC2=O)C3=O)C1. The zero-order chi connectivity index (χ0) is 21.4. The Kier molecular flexibility index (Phi) is 5.27. The standard InChI is InChI=1S/C21H24N4O5/c1-22-17(26)6-2-12-8-9-24(11-12)13-3-4-14-15(10-13)21(30)25(20(14)29)16-5-7-18(27)23-19(16)28/h3-4,10,12,16H,2,5-9,11H2,1H3,(H,22,26)(H,23,27,28)/t12-,16?/m1/s1. The first-order valence-electron chi connectivity index (χ1n) is 10.2. The van der Waals surface area contributed by atoms with E-state index in [2.05, 4.69) is 15.5 Å². The highest BCUT2D eigenvalue weighted by Gasteiger charge is 2.44. The number of nitrogens with zero attached hydrogens (tertiary/aromatic N) is 2. The van der Waals surface area contributed by atoms with Crippen LogP contribution in [0.15, 0.2) is 18.2 Å². The third kappa shape index (κ3) is 3.55.